The molecule has 0 aliphatic carbocycles. The third kappa shape index (κ3) is 1.55. The van der Waals surface area contributed by atoms with Crippen molar-refractivity contribution in [1.29, 1.82) is 0 Å². The van der Waals surface area contributed by atoms with Gasteiger partial charge in [-0.2, -0.15) is 5.10 Å². The highest BCUT2D eigenvalue weighted by Crippen LogP contribution is 2.24. The van der Waals surface area contributed by atoms with Crippen LogP contribution in [-0.4, -0.2) is 19.3 Å². The Kier molecular flexibility index (Phi) is 2.09. The molecule has 0 atom stereocenters. The zero-order valence-electron chi connectivity index (χ0n) is 9.13. The average molecular weight is 248 g/mol. The van der Waals surface area contributed by atoms with Gasteiger partial charge >= 0.3 is 0 Å². The standard InChI is InChI=1S/C11H10ClN5/c1-16-5-4-10(15-16)17-9-6-7(12)2-3-8(9)14-11(17)13/h2-6H,1H3,(H2,13,14). The summed E-state index contributed by atoms with van der Waals surface area (Å²) in [6.07, 6.45) is 1.85. The molecule has 0 fully saturated rings. The monoisotopic (exact) mass is 247 g/mol. The topological polar surface area (TPSA) is 61.7 Å². The zero-order valence-corrected chi connectivity index (χ0v) is 9.89. The van der Waals surface area contributed by atoms with Gasteiger partial charge in [0.1, 0.15) is 0 Å². The maximum absolute atomic E-state index is 5.99. The summed E-state index contributed by atoms with van der Waals surface area (Å²) in [7, 11) is 1.85. The van der Waals surface area contributed by atoms with Crippen molar-refractivity contribution in [2.45, 2.75) is 0 Å². The van der Waals surface area contributed by atoms with E-state index in [0.717, 1.165) is 16.9 Å². The average Bonchev–Trinajstić information content (AvgIpc) is 2.81. The predicted octanol–water partition coefficient (Wildman–Crippen LogP) is 1.99. The number of imidazole rings is 1. The third-order valence-corrected chi connectivity index (χ3v) is 2.81. The minimum absolute atomic E-state index is 0.404. The van der Waals surface area contributed by atoms with Crippen LogP contribution < -0.4 is 5.73 Å². The largest absolute Gasteiger partial charge is 0.369 e. The Bertz CT molecular complexity index is 697. The van der Waals surface area contributed by atoms with Crippen LogP contribution in [0.4, 0.5) is 5.95 Å². The van der Waals surface area contributed by atoms with E-state index in [9.17, 15) is 0 Å². The molecule has 2 N–H and O–H groups in total. The van der Waals surface area contributed by atoms with Gasteiger partial charge in [-0.3, -0.25) is 9.25 Å². The maximum Gasteiger partial charge on any atom is 0.207 e. The number of benzene rings is 1. The van der Waals surface area contributed by atoms with Gasteiger partial charge in [0.25, 0.3) is 0 Å². The highest BCUT2D eigenvalue weighted by Gasteiger charge is 2.11. The summed E-state index contributed by atoms with van der Waals surface area (Å²) in [4.78, 5) is 4.27. The summed E-state index contributed by atoms with van der Waals surface area (Å²) in [5.74, 6) is 1.13. The molecule has 0 saturated heterocycles. The van der Waals surface area contributed by atoms with Crippen molar-refractivity contribution in [2.75, 3.05) is 5.73 Å². The van der Waals surface area contributed by atoms with Crippen molar-refractivity contribution in [3.8, 4) is 5.82 Å². The van der Waals surface area contributed by atoms with E-state index in [2.05, 4.69) is 10.1 Å². The Morgan fingerprint density at radius 1 is 1.29 bits per heavy atom. The van der Waals surface area contributed by atoms with Crippen LogP contribution in [0.15, 0.2) is 30.5 Å². The van der Waals surface area contributed by atoms with Gasteiger partial charge in [0, 0.05) is 24.3 Å². The first-order chi connectivity index (χ1) is 8.15. The summed E-state index contributed by atoms with van der Waals surface area (Å²) in [5, 5.41) is 4.96. The highest BCUT2D eigenvalue weighted by molar-refractivity contribution is 6.31. The summed E-state index contributed by atoms with van der Waals surface area (Å²) >= 11 is 5.99. The van der Waals surface area contributed by atoms with Crippen molar-refractivity contribution < 1.29 is 0 Å². The number of aromatic nitrogens is 4. The second kappa shape index (κ2) is 3.49. The van der Waals surface area contributed by atoms with Crippen molar-refractivity contribution in [2.24, 2.45) is 7.05 Å². The molecule has 5 nitrogen and oxygen atoms in total. The number of rotatable bonds is 1. The Balaban J connectivity index is 2.34. The molecule has 3 aromatic rings. The third-order valence-electron chi connectivity index (χ3n) is 2.57. The Morgan fingerprint density at radius 3 is 2.82 bits per heavy atom. The van der Waals surface area contributed by atoms with Gasteiger partial charge in [0.05, 0.1) is 11.0 Å². The van der Waals surface area contributed by atoms with Crippen LogP contribution in [0.1, 0.15) is 0 Å². The second-order valence-electron chi connectivity index (χ2n) is 3.79. The summed E-state index contributed by atoms with van der Waals surface area (Å²) in [6, 6.07) is 7.33. The van der Waals surface area contributed by atoms with Gasteiger partial charge in [0.15, 0.2) is 5.82 Å². The Hall–Kier alpha value is -2.01. The van der Waals surface area contributed by atoms with E-state index < -0.39 is 0 Å². The zero-order chi connectivity index (χ0) is 12.0. The SMILES string of the molecule is Cn1ccc(-n2c(N)nc3ccc(Cl)cc32)n1. The predicted molar refractivity (Wildman–Crippen MR) is 67.3 cm³/mol. The first kappa shape index (κ1) is 10.2. The van der Waals surface area contributed by atoms with E-state index in [1.165, 1.54) is 0 Å². The first-order valence-corrected chi connectivity index (χ1v) is 5.46. The number of hydrogen-bond donors (Lipinski definition) is 1. The molecular weight excluding hydrogens is 238 g/mol. The minimum atomic E-state index is 0.404. The molecule has 6 heteroatoms. The normalized spacial score (nSPS) is 11.2. The molecule has 0 unspecified atom stereocenters. The van der Waals surface area contributed by atoms with E-state index in [1.807, 2.05) is 31.4 Å². The number of nitrogens with zero attached hydrogens (tertiary/aromatic N) is 4. The summed E-state index contributed by atoms with van der Waals surface area (Å²) in [5.41, 5.74) is 7.56. The highest BCUT2D eigenvalue weighted by atomic mass is 35.5. The van der Waals surface area contributed by atoms with Crippen molar-refractivity contribution in [1.82, 2.24) is 19.3 Å². The lowest BCUT2D eigenvalue weighted by molar-refractivity contribution is 0.754. The smallest absolute Gasteiger partial charge is 0.207 e. The summed E-state index contributed by atoms with van der Waals surface area (Å²) in [6.45, 7) is 0. The van der Waals surface area contributed by atoms with Gasteiger partial charge in [-0.25, -0.2) is 4.98 Å². The number of hydrogen-bond acceptors (Lipinski definition) is 3. The van der Waals surface area contributed by atoms with Crippen molar-refractivity contribution >= 4 is 28.6 Å². The molecule has 1 aromatic carbocycles. The van der Waals surface area contributed by atoms with E-state index in [-0.39, 0.29) is 0 Å². The lowest BCUT2D eigenvalue weighted by atomic mass is 10.3. The molecule has 0 spiro atoms. The fourth-order valence-corrected chi connectivity index (χ4v) is 2.00. The molecule has 0 saturated carbocycles. The molecule has 86 valence electrons. The minimum Gasteiger partial charge on any atom is -0.369 e. The summed E-state index contributed by atoms with van der Waals surface area (Å²) < 4.78 is 3.49. The van der Waals surface area contributed by atoms with Gasteiger partial charge in [-0.1, -0.05) is 11.6 Å². The number of fused-ring (bicyclic) bond motifs is 1. The van der Waals surface area contributed by atoms with Gasteiger partial charge in [0.2, 0.25) is 5.95 Å². The first-order valence-electron chi connectivity index (χ1n) is 5.08. The molecule has 0 radical (unpaired) electrons. The van der Waals surface area contributed by atoms with Crippen LogP contribution in [0.2, 0.25) is 5.02 Å². The van der Waals surface area contributed by atoms with Gasteiger partial charge in [-0.15, -0.1) is 0 Å². The van der Waals surface area contributed by atoms with Gasteiger partial charge < -0.3 is 5.73 Å². The molecule has 2 aromatic heterocycles. The van der Waals surface area contributed by atoms with Gasteiger partial charge in [-0.05, 0) is 18.2 Å². The van der Waals surface area contributed by atoms with Crippen LogP contribution >= 0.6 is 11.6 Å². The van der Waals surface area contributed by atoms with Crippen LogP contribution in [0.3, 0.4) is 0 Å². The maximum atomic E-state index is 5.99. The molecule has 2 heterocycles. The quantitative estimate of drug-likeness (QED) is 0.715. The number of nitrogen functional groups attached to an aromatic ring is 1. The van der Waals surface area contributed by atoms with E-state index >= 15 is 0 Å². The van der Waals surface area contributed by atoms with Crippen LogP contribution in [-0.2, 0) is 7.05 Å². The lowest BCUT2D eigenvalue weighted by Gasteiger charge is -2.01. The number of aryl methyl sites for hydroxylation is 1. The Morgan fingerprint density at radius 2 is 2.12 bits per heavy atom. The van der Waals surface area contributed by atoms with E-state index in [1.54, 1.807) is 15.3 Å². The van der Waals surface area contributed by atoms with E-state index in [4.69, 9.17) is 17.3 Å². The van der Waals surface area contributed by atoms with Crippen LogP contribution in [0.5, 0.6) is 0 Å². The lowest BCUT2D eigenvalue weighted by Crippen LogP contribution is -2.02. The molecule has 0 bridgehead atoms. The molecule has 0 aliphatic rings. The number of halogens is 1. The molecular formula is C11H10ClN5. The molecule has 3 rings (SSSR count). The fourth-order valence-electron chi connectivity index (χ4n) is 1.83. The van der Waals surface area contributed by atoms with Crippen molar-refractivity contribution in [3.05, 3.63) is 35.5 Å². The molecule has 0 amide bonds. The van der Waals surface area contributed by atoms with Crippen LogP contribution in [0, 0.1) is 0 Å². The number of nitrogens with two attached hydrogens (primary N) is 1. The van der Waals surface area contributed by atoms with Crippen LogP contribution in [0.25, 0.3) is 16.9 Å². The second-order valence-corrected chi connectivity index (χ2v) is 4.22. The van der Waals surface area contributed by atoms with Crippen molar-refractivity contribution in [3.63, 3.8) is 0 Å². The van der Waals surface area contributed by atoms with E-state index in [0.29, 0.717) is 11.0 Å². The number of anilines is 1. The Labute approximate surface area is 102 Å². The molecule has 17 heavy (non-hydrogen) atoms. The fraction of sp³-hybridized carbons (Fsp3) is 0.0909. The molecule has 0 aliphatic heterocycles.